The van der Waals surface area contributed by atoms with E-state index in [1.54, 1.807) is 12.3 Å². The Labute approximate surface area is 149 Å². The van der Waals surface area contributed by atoms with Crippen LogP contribution in [0.3, 0.4) is 0 Å². The lowest BCUT2D eigenvalue weighted by molar-refractivity contribution is 0.663. The maximum atomic E-state index is 13.3. The number of pyridine rings is 2. The fraction of sp³-hybridized carbons (Fsp3) is 0.300. The normalized spacial score (nSPS) is 16.4. The molecule has 0 amide bonds. The smallest absolute Gasteiger partial charge is 0.192 e. The van der Waals surface area contributed by atoms with Crippen molar-refractivity contribution in [3.63, 3.8) is 0 Å². The molecule has 0 spiro atoms. The van der Waals surface area contributed by atoms with Crippen LogP contribution < -0.4 is 5.43 Å². The Bertz CT molecular complexity index is 1010. The van der Waals surface area contributed by atoms with Crippen LogP contribution in [0, 0.1) is 6.92 Å². The Kier molecular flexibility index (Phi) is 4.25. The lowest BCUT2D eigenvalue weighted by Crippen LogP contribution is -2.20. The number of para-hydroxylation sites is 1. The third-order valence-electron chi connectivity index (χ3n) is 4.83. The molecule has 1 unspecified atom stereocenters. The van der Waals surface area contributed by atoms with Gasteiger partial charge in [-0.05, 0) is 38.0 Å². The van der Waals surface area contributed by atoms with Crippen molar-refractivity contribution in [3.8, 4) is 5.69 Å². The van der Waals surface area contributed by atoms with Crippen LogP contribution in [0.1, 0.15) is 31.4 Å². The molecule has 4 nitrogen and oxygen atoms in total. The molecular weight excluding hydrogens is 332 g/mol. The minimum absolute atomic E-state index is 0.115. The van der Waals surface area contributed by atoms with Crippen molar-refractivity contribution in [3.05, 3.63) is 64.6 Å². The van der Waals surface area contributed by atoms with Gasteiger partial charge in [-0.2, -0.15) is 0 Å². The van der Waals surface area contributed by atoms with Crippen molar-refractivity contribution in [1.29, 1.82) is 0 Å². The van der Waals surface area contributed by atoms with Crippen molar-refractivity contribution < 1.29 is 4.21 Å². The van der Waals surface area contributed by atoms with E-state index in [0.717, 1.165) is 42.6 Å². The van der Waals surface area contributed by atoms with Crippen LogP contribution >= 0.6 is 0 Å². The number of aryl methyl sites for hydroxylation is 1. The summed E-state index contributed by atoms with van der Waals surface area (Å²) in [6, 6.07) is 13.3. The van der Waals surface area contributed by atoms with Crippen LogP contribution in [0.15, 0.2) is 58.5 Å². The average Bonchev–Trinajstić information content (AvgIpc) is 3.16. The van der Waals surface area contributed by atoms with Gasteiger partial charge in [0, 0.05) is 28.9 Å². The third kappa shape index (κ3) is 2.93. The quantitative estimate of drug-likeness (QED) is 0.721. The largest absolute Gasteiger partial charge is 0.302 e. The van der Waals surface area contributed by atoms with Crippen LogP contribution in [-0.4, -0.2) is 19.0 Å². The van der Waals surface area contributed by atoms with Gasteiger partial charge in [-0.1, -0.05) is 31.0 Å². The predicted octanol–water partition coefficient (Wildman–Crippen LogP) is 3.74. The second-order valence-electron chi connectivity index (χ2n) is 6.56. The van der Waals surface area contributed by atoms with E-state index in [2.05, 4.69) is 4.98 Å². The van der Waals surface area contributed by atoms with Gasteiger partial charge < -0.3 is 4.57 Å². The topological polar surface area (TPSA) is 52.0 Å². The van der Waals surface area contributed by atoms with Crippen molar-refractivity contribution >= 4 is 21.7 Å². The lowest BCUT2D eigenvalue weighted by atomic mass is 10.2. The van der Waals surface area contributed by atoms with E-state index in [4.69, 9.17) is 0 Å². The maximum absolute atomic E-state index is 13.3. The van der Waals surface area contributed by atoms with Crippen LogP contribution in [-0.2, 0) is 10.8 Å². The van der Waals surface area contributed by atoms with Crippen LogP contribution in [0.2, 0.25) is 0 Å². The summed E-state index contributed by atoms with van der Waals surface area (Å²) in [7, 11) is -1.20. The number of hydrogen-bond donors (Lipinski definition) is 0. The molecule has 4 rings (SSSR count). The molecular formula is C20H20N2O2S. The molecule has 1 atom stereocenters. The molecule has 0 saturated heterocycles. The summed E-state index contributed by atoms with van der Waals surface area (Å²) in [5, 5.41) is 1.29. The third-order valence-corrected chi connectivity index (χ3v) is 6.62. The zero-order chi connectivity index (χ0) is 17.4. The van der Waals surface area contributed by atoms with Crippen LogP contribution in [0.4, 0.5) is 0 Å². The minimum atomic E-state index is -1.20. The second-order valence-corrected chi connectivity index (χ2v) is 8.24. The molecule has 0 N–H and O–H groups in total. The Balaban J connectivity index is 2.04. The van der Waals surface area contributed by atoms with Crippen LogP contribution in [0.5, 0.6) is 0 Å². The molecule has 0 radical (unpaired) electrons. The molecule has 1 saturated carbocycles. The molecule has 0 bridgehead atoms. The second kappa shape index (κ2) is 6.56. The van der Waals surface area contributed by atoms with Crippen molar-refractivity contribution in [2.24, 2.45) is 0 Å². The Morgan fingerprint density at radius 3 is 2.56 bits per heavy atom. The standard InChI is InChI=1S/C20H20N2O2S/c1-14-11-18-17(13-21-14)19(23)12-20(25(24)16-9-5-6-10-16)22(18)15-7-3-2-4-8-15/h2-4,7-8,11-13,16H,5-6,9-10H2,1H3. The molecule has 0 aliphatic heterocycles. The first-order valence-corrected chi connectivity index (χ1v) is 9.85. The molecule has 128 valence electrons. The summed E-state index contributed by atoms with van der Waals surface area (Å²) >= 11 is 0. The van der Waals surface area contributed by atoms with E-state index in [9.17, 15) is 9.00 Å². The highest BCUT2D eigenvalue weighted by molar-refractivity contribution is 7.85. The van der Waals surface area contributed by atoms with Gasteiger partial charge >= 0.3 is 0 Å². The maximum Gasteiger partial charge on any atom is 0.192 e. The first-order chi connectivity index (χ1) is 12.1. The van der Waals surface area contributed by atoms with Gasteiger partial charge in [-0.3, -0.25) is 14.0 Å². The molecule has 5 heteroatoms. The van der Waals surface area contributed by atoms with Crippen molar-refractivity contribution in [2.45, 2.75) is 42.9 Å². The molecule has 25 heavy (non-hydrogen) atoms. The monoisotopic (exact) mass is 352 g/mol. The number of aromatic nitrogens is 2. The Morgan fingerprint density at radius 2 is 1.84 bits per heavy atom. The number of rotatable bonds is 3. The molecule has 1 aromatic carbocycles. The van der Waals surface area contributed by atoms with Gasteiger partial charge in [0.2, 0.25) is 0 Å². The van der Waals surface area contributed by atoms with Gasteiger partial charge in [0.1, 0.15) is 5.03 Å². The summed E-state index contributed by atoms with van der Waals surface area (Å²) in [5.74, 6) is 0. The molecule has 1 fully saturated rings. The van der Waals surface area contributed by atoms with Gasteiger partial charge in [-0.15, -0.1) is 0 Å². The average molecular weight is 352 g/mol. The SMILES string of the molecule is Cc1cc2c(cn1)c(=O)cc(S(=O)C1CCCC1)n2-c1ccccc1. The fourth-order valence-electron chi connectivity index (χ4n) is 3.56. The summed E-state index contributed by atoms with van der Waals surface area (Å²) in [6.45, 7) is 1.90. The number of fused-ring (bicyclic) bond motifs is 1. The minimum Gasteiger partial charge on any atom is -0.302 e. The fourth-order valence-corrected chi connectivity index (χ4v) is 5.27. The summed E-state index contributed by atoms with van der Waals surface area (Å²) in [6.07, 6.45) is 5.77. The lowest BCUT2D eigenvalue weighted by Gasteiger charge is -2.19. The molecule has 1 aliphatic rings. The van der Waals surface area contributed by atoms with Gasteiger partial charge in [0.05, 0.1) is 21.7 Å². The first kappa shape index (κ1) is 16.2. The molecule has 3 aromatic rings. The van der Waals surface area contributed by atoms with E-state index in [1.807, 2.05) is 47.9 Å². The highest BCUT2D eigenvalue weighted by Crippen LogP contribution is 2.29. The zero-order valence-electron chi connectivity index (χ0n) is 14.1. The van der Waals surface area contributed by atoms with Gasteiger partial charge in [0.25, 0.3) is 0 Å². The van der Waals surface area contributed by atoms with Crippen molar-refractivity contribution in [1.82, 2.24) is 9.55 Å². The summed E-state index contributed by atoms with van der Waals surface area (Å²) < 4.78 is 15.2. The summed E-state index contributed by atoms with van der Waals surface area (Å²) in [5.41, 5.74) is 2.41. The highest BCUT2D eigenvalue weighted by Gasteiger charge is 2.26. The Morgan fingerprint density at radius 1 is 1.12 bits per heavy atom. The van der Waals surface area contributed by atoms with Crippen molar-refractivity contribution in [2.75, 3.05) is 0 Å². The highest BCUT2D eigenvalue weighted by atomic mass is 32.2. The van der Waals surface area contributed by atoms with Gasteiger partial charge in [-0.25, -0.2) is 0 Å². The molecule has 2 aromatic heterocycles. The van der Waals surface area contributed by atoms with Crippen LogP contribution in [0.25, 0.3) is 16.6 Å². The van der Waals surface area contributed by atoms with E-state index in [0.29, 0.717) is 10.4 Å². The molecule has 2 heterocycles. The number of hydrogen-bond acceptors (Lipinski definition) is 3. The van der Waals surface area contributed by atoms with Gasteiger partial charge in [0.15, 0.2) is 5.43 Å². The summed E-state index contributed by atoms with van der Waals surface area (Å²) in [4.78, 5) is 16.9. The zero-order valence-corrected chi connectivity index (χ0v) is 15.0. The Hall–Kier alpha value is -2.27. The predicted molar refractivity (Wildman–Crippen MR) is 101 cm³/mol. The first-order valence-electron chi connectivity index (χ1n) is 8.63. The number of nitrogens with zero attached hydrogens (tertiary/aromatic N) is 2. The van der Waals surface area contributed by atoms with E-state index in [-0.39, 0.29) is 10.7 Å². The molecule has 1 aliphatic carbocycles. The van der Waals surface area contributed by atoms with E-state index < -0.39 is 10.8 Å². The van der Waals surface area contributed by atoms with E-state index >= 15 is 0 Å². The van der Waals surface area contributed by atoms with E-state index in [1.165, 1.54) is 0 Å². The number of benzene rings is 1.